The number of imidazole rings is 1. The molecule has 0 unspecified atom stereocenters. The number of ketones is 1. The van der Waals surface area contributed by atoms with E-state index in [2.05, 4.69) is 15.0 Å². The molecule has 7 nitrogen and oxygen atoms in total. The van der Waals surface area contributed by atoms with E-state index >= 15 is 0 Å². The molecule has 0 aliphatic rings. The first-order valence-corrected chi connectivity index (χ1v) is 10.6. The van der Waals surface area contributed by atoms with Crippen LogP contribution < -0.4 is 14.2 Å². The molecule has 2 N–H and O–H groups in total. The molecule has 0 bridgehead atoms. The summed E-state index contributed by atoms with van der Waals surface area (Å²) in [7, 11) is 4.50. The Morgan fingerprint density at radius 3 is 2.35 bits per heavy atom. The predicted octanol–water partition coefficient (Wildman–Crippen LogP) is 5.76. The predicted molar refractivity (Wildman–Crippen MR) is 128 cm³/mol. The van der Waals surface area contributed by atoms with E-state index < -0.39 is 5.82 Å². The van der Waals surface area contributed by atoms with Gasteiger partial charge >= 0.3 is 0 Å². The number of hydrogen-bond donors (Lipinski definition) is 2. The number of rotatable bonds is 6. The summed E-state index contributed by atoms with van der Waals surface area (Å²) in [6, 6.07) is 11.4. The number of carbonyl (C=O) groups excluding carboxylic acids is 1. The van der Waals surface area contributed by atoms with E-state index in [-0.39, 0.29) is 10.8 Å². The van der Waals surface area contributed by atoms with Gasteiger partial charge in [0.05, 0.1) is 37.4 Å². The minimum atomic E-state index is -0.526. The highest BCUT2D eigenvalue weighted by atomic mass is 35.5. The van der Waals surface area contributed by atoms with Crippen molar-refractivity contribution in [2.45, 2.75) is 0 Å². The fourth-order valence-corrected chi connectivity index (χ4v) is 4.13. The van der Waals surface area contributed by atoms with Gasteiger partial charge in [-0.05, 0) is 36.4 Å². The van der Waals surface area contributed by atoms with Crippen molar-refractivity contribution in [1.82, 2.24) is 15.0 Å². The van der Waals surface area contributed by atoms with E-state index in [1.165, 1.54) is 33.5 Å². The Balaban J connectivity index is 1.59. The molecule has 9 heteroatoms. The van der Waals surface area contributed by atoms with E-state index in [4.69, 9.17) is 25.8 Å². The number of hydrogen-bond acceptors (Lipinski definition) is 5. The zero-order valence-corrected chi connectivity index (χ0v) is 19.2. The fraction of sp³-hybridized carbons (Fsp3) is 0.120. The van der Waals surface area contributed by atoms with Gasteiger partial charge in [-0.1, -0.05) is 11.6 Å². The van der Waals surface area contributed by atoms with Crippen LogP contribution in [0.5, 0.6) is 17.2 Å². The third kappa shape index (κ3) is 3.52. The average Bonchev–Trinajstić information content (AvgIpc) is 3.45. The number of carbonyl (C=O) groups is 1. The monoisotopic (exact) mass is 479 g/mol. The number of aromatic amines is 2. The third-order valence-corrected chi connectivity index (χ3v) is 5.94. The van der Waals surface area contributed by atoms with Crippen molar-refractivity contribution in [3.8, 4) is 28.6 Å². The molecule has 0 saturated carbocycles. The lowest BCUT2D eigenvalue weighted by Crippen LogP contribution is -2.04. The maximum absolute atomic E-state index is 13.9. The fourth-order valence-electron chi connectivity index (χ4n) is 3.97. The van der Waals surface area contributed by atoms with Crippen LogP contribution in [0.3, 0.4) is 0 Å². The lowest BCUT2D eigenvalue weighted by molar-refractivity contribution is 0.103. The van der Waals surface area contributed by atoms with Crippen molar-refractivity contribution in [2.24, 2.45) is 0 Å². The molecule has 0 amide bonds. The van der Waals surface area contributed by atoms with E-state index in [9.17, 15) is 9.18 Å². The van der Waals surface area contributed by atoms with E-state index in [0.29, 0.717) is 45.2 Å². The van der Waals surface area contributed by atoms with Crippen LogP contribution in [0.25, 0.3) is 33.3 Å². The topological polar surface area (TPSA) is 89.2 Å². The van der Waals surface area contributed by atoms with Crippen LogP contribution in [-0.2, 0) is 0 Å². The van der Waals surface area contributed by atoms with Gasteiger partial charge in [-0.3, -0.25) is 4.79 Å². The molecular weight excluding hydrogens is 461 g/mol. The standard InChI is InChI=1S/C25H19ClFN3O4/c1-32-21-7-13(8-22(33-2)24(21)34-3)23(31)12-4-5-18-14(6-12)15(11-28-18)25-29-19-9-16(26)17(27)10-20(19)30-25/h4-11,28H,1-3H3,(H,29,30). The Morgan fingerprint density at radius 2 is 1.68 bits per heavy atom. The largest absolute Gasteiger partial charge is 0.493 e. The molecule has 172 valence electrons. The van der Waals surface area contributed by atoms with Gasteiger partial charge in [0.2, 0.25) is 5.75 Å². The molecule has 0 spiro atoms. The molecular formula is C25H19ClFN3O4. The Hall–Kier alpha value is -4.04. The summed E-state index contributed by atoms with van der Waals surface area (Å²) in [5, 5.41) is 0.784. The van der Waals surface area contributed by atoms with Gasteiger partial charge in [0.15, 0.2) is 17.3 Å². The van der Waals surface area contributed by atoms with Crippen molar-refractivity contribution in [3.63, 3.8) is 0 Å². The summed E-state index contributed by atoms with van der Waals surface area (Å²) in [5.41, 5.74) is 3.48. The minimum absolute atomic E-state index is 0.00251. The van der Waals surface area contributed by atoms with Gasteiger partial charge in [0.1, 0.15) is 11.6 Å². The van der Waals surface area contributed by atoms with Gasteiger partial charge in [0, 0.05) is 39.9 Å². The van der Waals surface area contributed by atoms with Crippen molar-refractivity contribution in [3.05, 3.63) is 70.6 Å². The SMILES string of the molecule is COc1cc(C(=O)c2ccc3[nH]cc(-c4nc5cc(Cl)c(F)cc5[nH]4)c3c2)cc(OC)c1OC. The van der Waals surface area contributed by atoms with Gasteiger partial charge < -0.3 is 24.2 Å². The Kier molecular flexibility index (Phi) is 5.37. The number of methoxy groups -OCH3 is 3. The first-order valence-electron chi connectivity index (χ1n) is 10.2. The molecule has 3 aromatic carbocycles. The number of nitrogens with zero attached hydrogens (tertiary/aromatic N) is 1. The van der Waals surface area contributed by atoms with Crippen LogP contribution in [0.15, 0.2) is 48.7 Å². The van der Waals surface area contributed by atoms with Crippen LogP contribution in [0.2, 0.25) is 5.02 Å². The second kappa shape index (κ2) is 8.39. The molecule has 0 fully saturated rings. The van der Waals surface area contributed by atoms with Gasteiger partial charge in [-0.2, -0.15) is 0 Å². The minimum Gasteiger partial charge on any atom is -0.493 e. The van der Waals surface area contributed by atoms with Gasteiger partial charge in [0.25, 0.3) is 0 Å². The van der Waals surface area contributed by atoms with Crippen molar-refractivity contribution in [1.29, 1.82) is 0 Å². The van der Waals surface area contributed by atoms with E-state index in [1.54, 1.807) is 30.5 Å². The number of nitrogens with one attached hydrogen (secondary N) is 2. The first-order chi connectivity index (χ1) is 16.4. The maximum Gasteiger partial charge on any atom is 0.203 e. The summed E-state index contributed by atoms with van der Waals surface area (Å²) in [6.45, 7) is 0. The Bertz CT molecular complexity index is 1510. The molecule has 2 heterocycles. The molecule has 5 rings (SSSR count). The highest BCUT2D eigenvalue weighted by Crippen LogP contribution is 2.39. The third-order valence-electron chi connectivity index (χ3n) is 5.65. The smallest absolute Gasteiger partial charge is 0.203 e. The quantitative estimate of drug-likeness (QED) is 0.302. The summed E-state index contributed by atoms with van der Waals surface area (Å²) >= 11 is 5.89. The summed E-state index contributed by atoms with van der Waals surface area (Å²) in [6.07, 6.45) is 1.79. The van der Waals surface area contributed by atoms with E-state index in [1.807, 2.05) is 6.07 Å². The van der Waals surface area contributed by atoms with Crippen molar-refractivity contribution in [2.75, 3.05) is 21.3 Å². The molecule has 0 saturated heterocycles. The first kappa shape index (κ1) is 21.8. The molecule has 0 radical (unpaired) electrons. The van der Waals surface area contributed by atoms with Gasteiger partial charge in [-0.15, -0.1) is 0 Å². The number of aromatic nitrogens is 3. The molecule has 2 aromatic heterocycles. The van der Waals surface area contributed by atoms with Crippen LogP contribution in [0.1, 0.15) is 15.9 Å². The van der Waals surface area contributed by atoms with Crippen LogP contribution in [0.4, 0.5) is 4.39 Å². The zero-order chi connectivity index (χ0) is 24.0. The normalized spacial score (nSPS) is 11.2. The summed E-state index contributed by atoms with van der Waals surface area (Å²) in [5.74, 6) is 0.975. The second-order valence-corrected chi connectivity index (χ2v) is 7.98. The highest BCUT2D eigenvalue weighted by molar-refractivity contribution is 6.31. The van der Waals surface area contributed by atoms with Crippen LogP contribution in [0, 0.1) is 5.82 Å². The molecule has 5 aromatic rings. The molecule has 0 aliphatic heterocycles. The van der Waals surface area contributed by atoms with Crippen molar-refractivity contribution < 1.29 is 23.4 Å². The Labute approximate surface area is 198 Å². The number of fused-ring (bicyclic) bond motifs is 2. The molecule has 34 heavy (non-hydrogen) atoms. The summed E-state index contributed by atoms with van der Waals surface area (Å²) < 4.78 is 30.0. The van der Waals surface area contributed by atoms with E-state index in [0.717, 1.165) is 16.5 Å². The lowest BCUT2D eigenvalue weighted by Gasteiger charge is -2.13. The maximum atomic E-state index is 13.9. The van der Waals surface area contributed by atoms with Crippen LogP contribution >= 0.6 is 11.6 Å². The number of benzene rings is 3. The number of ether oxygens (including phenoxy) is 3. The molecule has 0 aliphatic carbocycles. The Morgan fingerprint density at radius 1 is 0.941 bits per heavy atom. The van der Waals surface area contributed by atoms with Gasteiger partial charge in [-0.25, -0.2) is 9.37 Å². The lowest BCUT2D eigenvalue weighted by atomic mass is 10.00. The van der Waals surface area contributed by atoms with Crippen LogP contribution in [-0.4, -0.2) is 42.1 Å². The number of H-pyrrole nitrogens is 2. The average molecular weight is 480 g/mol. The van der Waals surface area contributed by atoms with Crippen molar-refractivity contribution >= 4 is 39.3 Å². The zero-order valence-electron chi connectivity index (χ0n) is 18.5. The second-order valence-electron chi connectivity index (χ2n) is 7.57. The number of halogens is 2. The summed E-state index contributed by atoms with van der Waals surface area (Å²) in [4.78, 5) is 24.2. The highest BCUT2D eigenvalue weighted by Gasteiger charge is 2.20. The molecule has 0 atom stereocenters.